The summed E-state index contributed by atoms with van der Waals surface area (Å²) in [4.78, 5) is 2.11. The third kappa shape index (κ3) is 1.99. The minimum absolute atomic E-state index is 0.109. The fourth-order valence-corrected chi connectivity index (χ4v) is 2.37. The predicted molar refractivity (Wildman–Crippen MR) is 67.8 cm³/mol. The van der Waals surface area contributed by atoms with Gasteiger partial charge >= 0.3 is 0 Å². The van der Waals surface area contributed by atoms with E-state index in [1.165, 1.54) is 5.57 Å². The van der Waals surface area contributed by atoms with E-state index in [0.717, 1.165) is 18.5 Å². The van der Waals surface area contributed by atoms with Gasteiger partial charge in [0.25, 0.3) is 0 Å². The zero-order valence-electron chi connectivity index (χ0n) is 10.7. The smallest absolute Gasteiger partial charge is 0.110 e. The zero-order chi connectivity index (χ0) is 11.9. The zero-order valence-corrected chi connectivity index (χ0v) is 10.7. The van der Waals surface area contributed by atoms with Crippen molar-refractivity contribution in [2.45, 2.75) is 46.0 Å². The summed E-state index contributed by atoms with van der Waals surface area (Å²) in [5, 5.41) is 0. The van der Waals surface area contributed by atoms with Gasteiger partial charge in [0, 0.05) is 18.2 Å². The molecule has 0 aromatic carbocycles. The second kappa shape index (κ2) is 3.73. The van der Waals surface area contributed by atoms with Gasteiger partial charge in [0.1, 0.15) is 7.85 Å². The van der Waals surface area contributed by atoms with Gasteiger partial charge in [-0.1, -0.05) is 40.7 Å². The molecule has 1 unspecified atom stereocenters. The first-order valence-corrected chi connectivity index (χ1v) is 5.67. The van der Waals surface area contributed by atoms with E-state index in [9.17, 15) is 0 Å². The number of hydrogen-bond donors (Lipinski definition) is 0. The van der Waals surface area contributed by atoms with E-state index >= 15 is 0 Å². The van der Waals surface area contributed by atoms with Crippen LogP contribution in [0.3, 0.4) is 0 Å². The van der Waals surface area contributed by atoms with Gasteiger partial charge in [0.2, 0.25) is 0 Å². The average Bonchev–Trinajstić information content (AvgIpc) is 2.30. The molecule has 0 aromatic heterocycles. The number of rotatable bonds is 2. The van der Waals surface area contributed by atoms with Crippen molar-refractivity contribution in [2.75, 3.05) is 7.05 Å². The summed E-state index contributed by atoms with van der Waals surface area (Å²) in [5.41, 5.74) is 2.10. The Morgan fingerprint density at radius 1 is 1.47 bits per heavy atom. The monoisotopic (exact) mass is 203 g/mol. The molecule has 1 atom stereocenters. The Balaban J connectivity index is 3.13. The van der Waals surface area contributed by atoms with Crippen LogP contribution >= 0.6 is 0 Å². The number of nitrogens with zero attached hydrogens (tertiary/aromatic N) is 1. The van der Waals surface area contributed by atoms with Crippen molar-refractivity contribution in [3.05, 3.63) is 23.9 Å². The highest BCUT2D eigenvalue weighted by molar-refractivity contribution is 6.18. The lowest BCUT2D eigenvalue weighted by molar-refractivity contribution is 0.271. The summed E-state index contributed by atoms with van der Waals surface area (Å²) in [7, 11) is 8.57. The third-order valence-corrected chi connectivity index (χ3v) is 3.25. The fourth-order valence-electron chi connectivity index (χ4n) is 2.37. The van der Waals surface area contributed by atoms with Gasteiger partial charge < -0.3 is 4.90 Å². The molecule has 0 fully saturated rings. The molecule has 1 aliphatic heterocycles. The first-order chi connectivity index (χ1) is 6.73. The second-order valence-electron chi connectivity index (χ2n) is 5.53. The third-order valence-electron chi connectivity index (χ3n) is 3.25. The quantitative estimate of drug-likeness (QED) is 0.623. The Bertz CT molecular complexity index is 298. The van der Waals surface area contributed by atoms with E-state index in [-0.39, 0.29) is 10.9 Å². The van der Waals surface area contributed by atoms with E-state index in [4.69, 9.17) is 7.85 Å². The average molecular weight is 203 g/mol. The molecule has 0 aromatic rings. The predicted octanol–water partition coefficient (Wildman–Crippen LogP) is 3.08. The lowest BCUT2D eigenvalue weighted by Crippen LogP contribution is -2.46. The van der Waals surface area contributed by atoms with Gasteiger partial charge in [-0.05, 0) is 23.5 Å². The molecule has 82 valence electrons. The molecule has 0 amide bonds. The van der Waals surface area contributed by atoms with Gasteiger partial charge in [-0.2, -0.15) is 0 Å². The minimum atomic E-state index is -0.329. The van der Waals surface area contributed by atoms with Gasteiger partial charge in [-0.25, -0.2) is 0 Å². The SMILES string of the molecule is [B]C1(CCC)C(C(C)(C)C)=CC(=C)N1C. The molecule has 1 aliphatic rings. The van der Waals surface area contributed by atoms with Crippen LogP contribution in [-0.4, -0.2) is 25.2 Å². The Hall–Kier alpha value is -0.655. The number of hydrogen-bond acceptors (Lipinski definition) is 1. The number of likely N-dealkylation sites (N-methyl/N-ethyl adjacent to an activating group) is 1. The second-order valence-corrected chi connectivity index (χ2v) is 5.53. The van der Waals surface area contributed by atoms with Crippen molar-refractivity contribution in [1.82, 2.24) is 4.90 Å². The van der Waals surface area contributed by atoms with E-state index in [2.05, 4.69) is 45.2 Å². The van der Waals surface area contributed by atoms with E-state index in [1.807, 2.05) is 7.05 Å². The summed E-state index contributed by atoms with van der Waals surface area (Å²) in [6.45, 7) is 12.8. The Morgan fingerprint density at radius 3 is 2.40 bits per heavy atom. The van der Waals surface area contributed by atoms with Crippen LogP contribution in [0, 0.1) is 5.41 Å². The molecule has 1 nitrogen and oxygen atoms in total. The van der Waals surface area contributed by atoms with Crippen LogP contribution in [0.15, 0.2) is 23.9 Å². The highest BCUT2D eigenvalue weighted by Crippen LogP contribution is 2.44. The molecule has 0 spiro atoms. The van der Waals surface area contributed by atoms with Gasteiger partial charge in [-0.3, -0.25) is 0 Å². The molecule has 15 heavy (non-hydrogen) atoms. The molecule has 1 heterocycles. The fraction of sp³-hybridized carbons (Fsp3) is 0.692. The van der Waals surface area contributed by atoms with Gasteiger partial charge in [0.05, 0.1) is 0 Å². The normalized spacial score (nSPS) is 27.1. The lowest BCUT2D eigenvalue weighted by Gasteiger charge is -2.42. The van der Waals surface area contributed by atoms with Crippen molar-refractivity contribution in [3.63, 3.8) is 0 Å². The molecule has 2 heteroatoms. The molecule has 0 bridgehead atoms. The maximum absolute atomic E-state index is 6.53. The summed E-state index contributed by atoms with van der Waals surface area (Å²) in [5.74, 6) is 0. The Kier molecular flexibility index (Phi) is 3.09. The minimum Gasteiger partial charge on any atom is -0.374 e. The number of allylic oxidation sites excluding steroid dienone is 1. The molecule has 0 aliphatic carbocycles. The molecule has 2 radical (unpaired) electrons. The van der Waals surface area contributed by atoms with Crippen molar-refractivity contribution in [1.29, 1.82) is 0 Å². The summed E-state index contributed by atoms with van der Waals surface area (Å²) < 4.78 is 0. The van der Waals surface area contributed by atoms with Crippen LogP contribution in [0.1, 0.15) is 40.5 Å². The lowest BCUT2D eigenvalue weighted by atomic mass is 9.62. The van der Waals surface area contributed by atoms with Crippen molar-refractivity contribution in [2.24, 2.45) is 5.41 Å². The standard InChI is InChI=1S/C13H22BN/c1-7-8-13(14)11(12(3,4)5)9-10(2)15(13)6/h9H,2,7-8H2,1,3-6H3. The molecular formula is C13H22BN. The van der Waals surface area contributed by atoms with Crippen LogP contribution in [0.2, 0.25) is 0 Å². The highest BCUT2D eigenvalue weighted by Gasteiger charge is 2.41. The van der Waals surface area contributed by atoms with E-state index in [1.54, 1.807) is 0 Å². The van der Waals surface area contributed by atoms with Crippen LogP contribution in [0.5, 0.6) is 0 Å². The first-order valence-electron chi connectivity index (χ1n) is 5.67. The first kappa shape index (κ1) is 12.4. The summed E-state index contributed by atoms with van der Waals surface area (Å²) >= 11 is 0. The van der Waals surface area contributed by atoms with Crippen LogP contribution < -0.4 is 0 Å². The molecule has 0 N–H and O–H groups in total. The molecule has 0 saturated carbocycles. The van der Waals surface area contributed by atoms with Crippen LogP contribution in [-0.2, 0) is 0 Å². The molecular weight excluding hydrogens is 181 g/mol. The Morgan fingerprint density at radius 2 is 2.00 bits per heavy atom. The van der Waals surface area contributed by atoms with Crippen LogP contribution in [0.25, 0.3) is 0 Å². The van der Waals surface area contributed by atoms with Crippen molar-refractivity contribution in [3.8, 4) is 0 Å². The molecule has 1 rings (SSSR count). The summed E-state index contributed by atoms with van der Waals surface area (Å²) in [6, 6.07) is 0. The van der Waals surface area contributed by atoms with Crippen molar-refractivity contribution < 1.29 is 0 Å². The Labute approximate surface area is 95.6 Å². The molecule has 0 saturated heterocycles. The van der Waals surface area contributed by atoms with Gasteiger partial charge in [-0.15, -0.1) is 0 Å². The summed E-state index contributed by atoms with van der Waals surface area (Å²) in [6.07, 6.45) is 4.21. The van der Waals surface area contributed by atoms with E-state index < -0.39 is 0 Å². The largest absolute Gasteiger partial charge is 0.374 e. The van der Waals surface area contributed by atoms with Crippen molar-refractivity contribution >= 4 is 7.85 Å². The maximum atomic E-state index is 6.53. The van der Waals surface area contributed by atoms with Crippen LogP contribution in [0.4, 0.5) is 0 Å². The van der Waals surface area contributed by atoms with Gasteiger partial charge in [0.15, 0.2) is 0 Å². The highest BCUT2D eigenvalue weighted by atomic mass is 15.2. The topological polar surface area (TPSA) is 3.24 Å². The maximum Gasteiger partial charge on any atom is 0.110 e. The van der Waals surface area contributed by atoms with E-state index in [0.29, 0.717) is 0 Å².